The first-order valence-electron chi connectivity index (χ1n) is 9.51. The molecule has 1 aliphatic rings. The molecule has 156 valence electrons. The van der Waals surface area contributed by atoms with Gasteiger partial charge in [-0.25, -0.2) is 4.90 Å². The van der Waals surface area contributed by atoms with Gasteiger partial charge < -0.3 is 10.1 Å². The summed E-state index contributed by atoms with van der Waals surface area (Å²) in [6.07, 6.45) is 0. The topological polar surface area (TPSA) is 58.6 Å². The molecule has 31 heavy (non-hydrogen) atoms. The Labute approximate surface area is 189 Å². The van der Waals surface area contributed by atoms with E-state index in [2.05, 4.69) is 5.32 Å². The van der Waals surface area contributed by atoms with Crippen molar-refractivity contribution in [2.45, 2.75) is 11.8 Å². The van der Waals surface area contributed by atoms with Gasteiger partial charge in [0.2, 0.25) is 0 Å². The van der Waals surface area contributed by atoms with Crippen LogP contribution < -0.4 is 15.0 Å². The number of halogens is 1. The van der Waals surface area contributed by atoms with Crippen molar-refractivity contribution in [3.63, 3.8) is 0 Å². The number of carbonyl (C=O) groups excluding carboxylic acids is 2. The van der Waals surface area contributed by atoms with Crippen LogP contribution in [0.5, 0.6) is 5.75 Å². The molecular weight excluding hydrogens is 432 g/mol. The molecule has 0 spiro atoms. The number of para-hydroxylation sites is 1. The molecule has 0 saturated carbocycles. The molecule has 1 N–H and O–H groups in total. The minimum atomic E-state index is -0.468. The van der Waals surface area contributed by atoms with Crippen molar-refractivity contribution in [3.8, 4) is 5.75 Å². The monoisotopic (exact) mass is 450 g/mol. The van der Waals surface area contributed by atoms with Crippen LogP contribution in [-0.2, 0) is 9.59 Å². The van der Waals surface area contributed by atoms with Crippen LogP contribution in [0.1, 0.15) is 5.56 Å². The molecule has 0 bridgehead atoms. The van der Waals surface area contributed by atoms with E-state index in [1.807, 2.05) is 61.5 Å². The summed E-state index contributed by atoms with van der Waals surface area (Å²) >= 11 is 7.40. The number of nitrogens with one attached hydrogen (secondary N) is 1. The number of nitrogens with zero attached hydrogens (tertiary/aromatic N) is 1. The van der Waals surface area contributed by atoms with E-state index in [0.717, 1.165) is 15.4 Å². The van der Waals surface area contributed by atoms with Crippen LogP contribution in [0.3, 0.4) is 0 Å². The third-order valence-electron chi connectivity index (χ3n) is 4.71. The fourth-order valence-electron chi connectivity index (χ4n) is 3.16. The molecule has 5 nitrogen and oxygen atoms in total. The summed E-state index contributed by atoms with van der Waals surface area (Å²) in [6, 6.07) is 21.9. The van der Waals surface area contributed by atoms with E-state index in [0.29, 0.717) is 27.1 Å². The summed E-state index contributed by atoms with van der Waals surface area (Å²) in [5.41, 5.74) is 2.33. The lowest BCUT2D eigenvalue weighted by molar-refractivity contribution is -0.120. The Kier molecular flexibility index (Phi) is 6.02. The molecule has 1 aliphatic heterocycles. The fraction of sp³-hybridized carbons (Fsp3) is 0.0833. The van der Waals surface area contributed by atoms with Crippen molar-refractivity contribution >= 4 is 46.6 Å². The number of hydrogen-bond acceptors (Lipinski definition) is 5. The number of thioether (sulfide) groups is 1. The van der Waals surface area contributed by atoms with Crippen LogP contribution in [-0.4, -0.2) is 18.9 Å². The van der Waals surface area contributed by atoms with E-state index in [9.17, 15) is 9.59 Å². The molecule has 0 aliphatic carbocycles. The lowest BCUT2D eigenvalue weighted by atomic mass is 10.2. The maximum atomic E-state index is 13.5. The number of hydrogen-bond donors (Lipinski definition) is 1. The molecule has 0 radical (unpaired) electrons. The standard InChI is InChI=1S/C24H19ClN2O3S/c1-15-8-11-18(12-9-15)31-22-21(26-17-6-4-3-5-7-17)23(28)27(24(22)29)19-14-16(25)10-13-20(19)30-2/h3-14,26H,1-2H3. The first-order valence-corrected chi connectivity index (χ1v) is 10.7. The highest BCUT2D eigenvalue weighted by Gasteiger charge is 2.41. The van der Waals surface area contributed by atoms with Gasteiger partial charge in [0.15, 0.2) is 0 Å². The maximum absolute atomic E-state index is 13.5. The number of ether oxygens (including phenoxy) is 1. The molecular formula is C24H19ClN2O3S. The highest BCUT2D eigenvalue weighted by Crippen LogP contribution is 2.41. The zero-order valence-corrected chi connectivity index (χ0v) is 18.5. The highest BCUT2D eigenvalue weighted by atomic mass is 35.5. The number of rotatable bonds is 6. The Hall–Kier alpha value is -3.22. The van der Waals surface area contributed by atoms with Crippen LogP contribution in [0.25, 0.3) is 0 Å². The maximum Gasteiger partial charge on any atom is 0.283 e. The van der Waals surface area contributed by atoms with Gasteiger partial charge in [0, 0.05) is 15.6 Å². The molecule has 0 aromatic heterocycles. The average Bonchev–Trinajstić information content (AvgIpc) is 3.00. The van der Waals surface area contributed by atoms with E-state index in [1.54, 1.807) is 18.2 Å². The Bertz CT molecular complexity index is 1180. The molecule has 7 heteroatoms. The smallest absolute Gasteiger partial charge is 0.283 e. The third-order valence-corrected chi connectivity index (χ3v) is 6.03. The largest absolute Gasteiger partial charge is 0.495 e. The lowest BCUT2D eigenvalue weighted by Gasteiger charge is -2.18. The molecule has 0 atom stereocenters. The normalized spacial score (nSPS) is 13.7. The minimum absolute atomic E-state index is 0.212. The molecule has 0 saturated heterocycles. The van der Waals surface area contributed by atoms with Gasteiger partial charge in [-0.1, -0.05) is 59.3 Å². The van der Waals surface area contributed by atoms with E-state index in [1.165, 1.54) is 18.9 Å². The second-order valence-corrected chi connectivity index (χ2v) is 8.39. The third kappa shape index (κ3) is 4.31. The number of imide groups is 1. The molecule has 0 fully saturated rings. The van der Waals surface area contributed by atoms with Gasteiger partial charge in [-0.3, -0.25) is 9.59 Å². The van der Waals surface area contributed by atoms with Gasteiger partial charge in [-0.2, -0.15) is 0 Å². The summed E-state index contributed by atoms with van der Waals surface area (Å²) in [4.78, 5) is 29.1. The zero-order valence-electron chi connectivity index (χ0n) is 16.9. The number of amides is 2. The van der Waals surface area contributed by atoms with Crippen molar-refractivity contribution in [3.05, 3.63) is 94.0 Å². The fourth-order valence-corrected chi connectivity index (χ4v) is 4.25. The van der Waals surface area contributed by atoms with E-state index in [4.69, 9.17) is 16.3 Å². The Morgan fingerprint density at radius 1 is 0.935 bits per heavy atom. The van der Waals surface area contributed by atoms with E-state index in [-0.39, 0.29) is 5.70 Å². The number of anilines is 2. The van der Waals surface area contributed by atoms with Gasteiger partial charge in [-0.15, -0.1) is 0 Å². The van der Waals surface area contributed by atoms with E-state index >= 15 is 0 Å². The molecule has 3 aromatic carbocycles. The van der Waals surface area contributed by atoms with Gasteiger partial charge >= 0.3 is 0 Å². The predicted molar refractivity (Wildman–Crippen MR) is 125 cm³/mol. The Morgan fingerprint density at radius 3 is 2.32 bits per heavy atom. The second-order valence-electron chi connectivity index (χ2n) is 6.87. The zero-order chi connectivity index (χ0) is 22.0. The van der Waals surface area contributed by atoms with E-state index < -0.39 is 11.8 Å². The second kappa shape index (κ2) is 8.88. The van der Waals surface area contributed by atoms with Gasteiger partial charge in [0.1, 0.15) is 16.4 Å². The highest BCUT2D eigenvalue weighted by molar-refractivity contribution is 8.04. The number of aryl methyl sites for hydroxylation is 1. The first-order chi connectivity index (χ1) is 15.0. The SMILES string of the molecule is COc1ccc(Cl)cc1N1C(=O)C(Nc2ccccc2)=C(Sc2ccc(C)cc2)C1=O. The average molecular weight is 451 g/mol. The van der Waals surface area contributed by atoms with Crippen molar-refractivity contribution in [2.75, 3.05) is 17.3 Å². The molecule has 1 heterocycles. The van der Waals surface area contributed by atoms with Crippen LogP contribution in [0, 0.1) is 6.92 Å². The summed E-state index contributed by atoms with van der Waals surface area (Å²) in [7, 11) is 1.48. The van der Waals surface area contributed by atoms with Gasteiger partial charge in [0.25, 0.3) is 11.8 Å². The van der Waals surface area contributed by atoms with Crippen molar-refractivity contribution in [2.24, 2.45) is 0 Å². The number of benzene rings is 3. The van der Waals surface area contributed by atoms with Crippen molar-refractivity contribution in [1.29, 1.82) is 0 Å². The Balaban J connectivity index is 1.78. The summed E-state index contributed by atoms with van der Waals surface area (Å²) in [5, 5.41) is 3.52. The van der Waals surface area contributed by atoms with Gasteiger partial charge in [0.05, 0.1) is 12.8 Å². The quantitative estimate of drug-likeness (QED) is 0.492. The predicted octanol–water partition coefficient (Wildman–Crippen LogP) is 5.65. The van der Waals surface area contributed by atoms with Crippen molar-refractivity contribution in [1.82, 2.24) is 0 Å². The van der Waals surface area contributed by atoms with Crippen LogP contribution >= 0.6 is 23.4 Å². The first kappa shape index (κ1) is 21.0. The van der Waals surface area contributed by atoms with Crippen LogP contribution in [0.15, 0.2) is 88.3 Å². The van der Waals surface area contributed by atoms with Crippen LogP contribution in [0.4, 0.5) is 11.4 Å². The lowest BCUT2D eigenvalue weighted by Crippen LogP contribution is -2.32. The van der Waals surface area contributed by atoms with Crippen LogP contribution in [0.2, 0.25) is 5.02 Å². The molecule has 2 amide bonds. The van der Waals surface area contributed by atoms with Gasteiger partial charge in [-0.05, 0) is 49.4 Å². The number of carbonyl (C=O) groups is 2. The van der Waals surface area contributed by atoms with Crippen molar-refractivity contribution < 1.29 is 14.3 Å². The Morgan fingerprint density at radius 2 is 1.65 bits per heavy atom. The molecule has 0 unspecified atom stereocenters. The minimum Gasteiger partial charge on any atom is -0.495 e. The molecule has 4 rings (SSSR count). The summed E-state index contributed by atoms with van der Waals surface area (Å²) < 4.78 is 5.38. The summed E-state index contributed by atoms with van der Waals surface area (Å²) in [6.45, 7) is 1.99. The summed E-state index contributed by atoms with van der Waals surface area (Å²) in [5.74, 6) is -0.523. The number of methoxy groups -OCH3 is 1. The molecule has 3 aromatic rings.